The number of carbonyl (C=O) groups excluding carboxylic acids is 1. The lowest BCUT2D eigenvalue weighted by Crippen LogP contribution is -2.27. The van der Waals surface area contributed by atoms with Gasteiger partial charge in [0.15, 0.2) is 5.58 Å². The number of nitrogens with zero attached hydrogens (tertiary/aromatic N) is 1. The largest absolute Gasteiger partial charge is 0.419 e. The highest BCUT2D eigenvalue weighted by Crippen LogP contribution is 2.14. The maximum absolute atomic E-state index is 12.0. The predicted molar refractivity (Wildman–Crippen MR) is 93.1 cm³/mol. The topological polar surface area (TPSA) is 64.2 Å². The van der Waals surface area contributed by atoms with Crippen LogP contribution < -0.4 is 11.1 Å². The molecule has 124 valence electrons. The second kappa shape index (κ2) is 6.74. The first-order valence-electron chi connectivity index (χ1n) is 7.93. The van der Waals surface area contributed by atoms with Crippen molar-refractivity contribution in [1.29, 1.82) is 0 Å². The van der Waals surface area contributed by atoms with E-state index in [-0.39, 0.29) is 11.7 Å². The lowest BCUT2D eigenvalue weighted by molar-refractivity contribution is -0.120. The van der Waals surface area contributed by atoms with E-state index in [0.29, 0.717) is 25.0 Å². The predicted octanol–water partition coefficient (Wildman–Crippen LogP) is 2.34. The first-order chi connectivity index (χ1) is 11.5. The van der Waals surface area contributed by atoms with E-state index in [0.717, 1.165) is 22.2 Å². The van der Waals surface area contributed by atoms with E-state index < -0.39 is 0 Å². The Morgan fingerprint density at radius 1 is 1.17 bits per heavy atom. The van der Waals surface area contributed by atoms with Crippen molar-refractivity contribution < 1.29 is 9.21 Å². The lowest BCUT2D eigenvalue weighted by Gasteiger charge is -2.06. The lowest BCUT2D eigenvalue weighted by atomic mass is 10.1. The van der Waals surface area contributed by atoms with Gasteiger partial charge in [0.1, 0.15) is 0 Å². The number of rotatable bonds is 5. The fraction of sp³-hybridized carbons (Fsp3) is 0.263. The average Bonchev–Trinajstić information content (AvgIpc) is 2.81. The Labute approximate surface area is 139 Å². The van der Waals surface area contributed by atoms with Gasteiger partial charge in [-0.1, -0.05) is 35.9 Å². The first kappa shape index (κ1) is 16.1. The Morgan fingerprint density at radius 2 is 2.00 bits per heavy atom. The van der Waals surface area contributed by atoms with Crippen molar-refractivity contribution in [1.82, 2.24) is 9.88 Å². The van der Waals surface area contributed by atoms with Crippen LogP contribution in [0.4, 0.5) is 0 Å². The van der Waals surface area contributed by atoms with E-state index in [2.05, 4.69) is 5.32 Å². The fourth-order valence-corrected chi connectivity index (χ4v) is 2.75. The van der Waals surface area contributed by atoms with Crippen molar-refractivity contribution in [2.24, 2.45) is 7.05 Å². The molecule has 3 aromatic rings. The van der Waals surface area contributed by atoms with Gasteiger partial charge in [0.2, 0.25) is 5.91 Å². The number of benzene rings is 2. The molecule has 0 aliphatic heterocycles. The zero-order valence-electron chi connectivity index (χ0n) is 13.8. The van der Waals surface area contributed by atoms with Gasteiger partial charge >= 0.3 is 5.76 Å². The number of amides is 1. The molecule has 1 N–H and O–H groups in total. The maximum Gasteiger partial charge on any atom is 0.419 e. The molecule has 0 fully saturated rings. The Hall–Kier alpha value is -2.82. The summed E-state index contributed by atoms with van der Waals surface area (Å²) in [5, 5.41) is 2.93. The molecule has 24 heavy (non-hydrogen) atoms. The number of oxazole rings is 1. The molecule has 0 unspecified atom stereocenters. The normalized spacial score (nSPS) is 10.9. The third kappa shape index (κ3) is 3.56. The van der Waals surface area contributed by atoms with Crippen molar-refractivity contribution in [3.8, 4) is 0 Å². The molecule has 5 heteroatoms. The summed E-state index contributed by atoms with van der Waals surface area (Å²) < 4.78 is 6.65. The third-order valence-electron chi connectivity index (χ3n) is 4.04. The van der Waals surface area contributed by atoms with Crippen molar-refractivity contribution in [2.45, 2.75) is 19.8 Å². The summed E-state index contributed by atoms with van der Waals surface area (Å²) in [6.07, 6.45) is 1.07. The molecule has 0 aliphatic rings. The van der Waals surface area contributed by atoms with Gasteiger partial charge in [0, 0.05) is 13.6 Å². The number of aromatic nitrogens is 1. The highest BCUT2D eigenvalue weighted by molar-refractivity contribution is 5.78. The number of hydrogen-bond donors (Lipinski definition) is 1. The number of hydrogen-bond acceptors (Lipinski definition) is 3. The number of fused-ring (bicyclic) bond motifs is 1. The van der Waals surface area contributed by atoms with Crippen LogP contribution in [-0.2, 0) is 24.7 Å². The van der Waals surface area contributed by atoms with Crippen LogP contribution in [0.2, 0.25) is 0 Å². The molecule has 0 saturated carbocycles. The smallest absolute Gasteiger partial charge is 0.408 e. The zero-order valence-corrected chi connectivity index (χ0v) is 13.8. The second-order valence-electron chi connectivity index (χ2n) is 5.99. The Bertz CT molecular complexity index is 937. The number of nitrogens with one attached hydrogen (secondary N) is 1. The minimum Gasteiger partial charge on any atom is -0.408 e. The van der Waals surface area contributed by atoms with Crippen LogP contribution in [0.25, 0.3) is 11.1 Å². The molecule has 3 rings (SSSR count). The van der Waals surface area contributed by atoms with Crippen LogP contribution in [-0.4, -0.2) is 17.0 Å². The van der Waals surface area contributed by atoms with Crippen molar-refractivity contribution >= 4 is 17.0 Å². The molecule has 0 bridgehead atoms. The summed E-state index contributed by atoms with van der Waals surface area (Å²) in [6, 6.07) is 13.6. The number of aryl methyl sites for hydroxylation is 2. The Balaban J connectivity index is 1.56. The molecular weight excluding hydrogens is 304 g/mol. The summed E-state index contributed by atoms with van der Waals surface area (Å²) in [7, 11) is 1.68. The molecule has 1 aromatic heterocycles. The summed E-state index contributed by atoms with van der Waals surface area (Å²) in [6.45, 7) is 2.56. The van der Waals surface area contributed by atoms with Gasteiger partial charge < -0.3 is 9.73 Å². The van der Waals surface area contributed by atoms with E-state index in [1.54, 1.807) is 7.05 Å². The minimum absolute atomic E-state index is 0.00733. The van der Waals surface area contributed by atoms with E-state index >= 15 is 0 Å². The van der Waals surface area contributed by atoms with Crippen molar-refractivity contribution in [2.75, 3.05) is 6.54 Å². The monoisotopic (exact) mass is 324 g/mol. The van der Waals surface area contributed by atoms with Gasteiger partial charge in [-0.15, -0.1) is 0 Å². The summed E-state index contributed by atoms with van der Waals surface area (Å²) >= 11 is 0. The Morgan fingerprint density at radius 3 is 2.79 bits per heavy atom. The van der Waals surface area contributed by atoms with Gasteiger partial charge in [-0.3, -0.25) is 9.36 Å². The highest BCUT2D eigenvalue weighted by atomic mass is 16.4. The van der Waals surface area contributed by atoms with E-state index in [9.17, 15) is 9.59 Å². The van der Waals surface area contributed by atoms with Gasteiger partial charge in [0.25, 0.3) is 0 Å². The maximum atomic E-state index is 12.0. The number of carbonyl (C=O) groups is 1. The van der Waals surface area contributed by atoms with Crippen LogP contribution in [0.5, 0.6) is 0 Å². The molecule has 0 saturated heterocycles. The van der Waals surface area contributed by atoms with Crippen LogP contribution >= 0.6 is 0 Å². The molecule has 1 heterocycles. The fourth-order valence-electron chi connectivity index (χ4n) is 2.75. The Kier molecular flexibility index (Phi) is 4.51. The third-order valence-corrected chi connectivity index (χ3v) is 4.04. The minimum atomic E-state index is -0.367. The molecular formula is C19H20N2O3. The van der Waals surface area contributed by atoms with Crippen LogP contribution in [0.1, 0.15) is 16.7 Å². The first-order valence-corrected chi connectivity index (χ1v) is 7.93. The summed E-state index contributed by atoms with van der Waals surface area (Å²) in [5.41, 5.74) is 4.53. The van der Waals surface area contributed by atoms with Gasteiger partial charge in [-0.25, -0.2) is 4.79 Å². The summed E-state index contributed by atoms with van der Waals surface area (Å²) in [5.74, 6) is -0.360. The quantitative estimate of drug-likeness (QED) is 0.783. The molecule has 5 nitrogen and oxygen atoms in total. The zero-order chi connectivity index (χ0) is 17.1. The van der Waals surface area contributed by atoms with Crippen molar-refractivity contribution in [3.63, 3.8) is 0 Å². The van der Waals surface area contributed by atoms with Crippen LogP contribution in [0.15, 0.2) is 51.7 Å². The van der Waals surface area contributed by atoms with Gasteiger partial charge in [-0.05, 0) is 36.6 Å². The van der Waals surface area contributed by atoms with E-state index in [1.807, 2.05) is 49.4 Å². The molecule has 2 aromatic carbocycles. The summed E-state index contributed by atoms with van der Waals surface area (Å²) in [4.78, 5) is 23.5. The molecule has 0 atom stereocenters. The average molecular weight is 324 g/mol. The molecule has 0 spiro atoms. The molecule has 1 amide bonds. The SMILES string of the molecule is Cc1cccc(CC(=O)NCCc2ccc3c(c2)oc(=O)n3C)c1. The second-order valence-corrected chi connectivity index (χ2v) is 5.99. The molecule has 0 aliphatic carbocycles. The highest BCUT2D eigenvalue weighted by Gasteiger charge is 2.07. The van der Waals surface area contributed by atoms with Crippen LogP contribution in [0, 0.1) is 6.92 Å². The van der Waals surface area contributed by atoms with Gasteiger partial charge in [-0.2, -0.15) is 0 Å². The van der Waals surface area contributed by atoms with E-state index in [4.69, 9.17) is 4.42 Å². The van der Waals surface area contributed by atoms with Crippen LogP contribution in [0.3, 0.4) is 0 Å². The standard InChI is InChI=1S/C19H20N2O3/c1-13-4-3-5-15(10-13)12-18(22)20-9-8-14-6-7-16-17(11-14)24-19(23)21(16)2/h3-7,10-11H,8-9,12H2,1-2H3,(H,20,22). The van der Waals surface area contributed by atoms with Crippen molar-refractivity contribution in [3.05, 3.63) is 69.7 Å². The molecule has 0 radical (unpaired) electrons. The van der Waals surface area contributed by atoms with Gasteiger partial charge in [0.05, 0.1) is 11.9 Å². The van der Waals surface area contributed by atoms with E-state index in [1.165, 1.54) is 4.57 Å².